The van der Waals surface area contributed by atoms with Gasteiger partial charge in [0.05, 0.1) is 12.1 Å². The van der Waals surface area contributed by atoms with Crippen molar-refractivity contribution in [3.8, 4) is 0 Å². The molecule has 0 spiro atoms. The molecule has 9 nitrogen and oxygen atoms in total. The maximum absolute atomic E-state index is 11.7. The number of rotatable bonds is 7. The highest BCUT2D eigenvalue weighted by Gasteiger charge is 2.14. The van der Waals surface area contributed by atoms with Gasteiger partial charge in [0.1, 0.15) is 5.52 Å². The average molecular weight is 313 g/mol. The Bertz CT molecular complexity index is 710. The fourth-order valence-electron chi connectivity index (χ4n) is 1.68. The van der Waals surface area contributed by atoms with E-state index in [1.807, 2.05) is 6.92 Å². The standard InChI is InChI=1S/C11H19N7O2S/c1-4-12-11-16-9(8-10(17-11)15-7-14-8)13-5-6-21(19,20)18(2)3/h7H,4-6H2,1-3H3,(H3,12,13,14,15,16,17). The maximum Gasteiger partial charge on any atom is 0.226 e. The first-order chi connectivity index (χ1) is 9.94. The Labute approximate surface area is 123 Å². The molecule has 0 atom stereocenters. The van der Waals surface area contributed by atoms with Gasteiger partial charge in [0, 0.05) is 27.2 Å². The van der Waals surface area contributed by atoms with Gasteiger partial charge in [0.25, 0.3) is 0 Å². The summed E-state index contributed by atoms with van der Waals surface area (Å²) in [6.45, 7) is 2.87. The molecule has 0 aromatic carbocycles. The molecule has 0 unspecified atom stereocenters. The van der Waals surface area contributed by atoms with E-state index >= 15 is 0 Å². The Hall–Kier alpha value is -1.94. The minimum Gasteiger partial charge on any atom is -0.367 e. The van der Waals surface area contributed by atoms with Gasteiger partial charge in [-0.05, 0) is 6.92 Å². The molecule has 2 heterocycles. The molecule has 2 aromatic heterocycles. The van der Waals surface area contributed by atoms with Crippen molar-refractivity contribution >= 4 is 33.0 Å². The molecule has 116 valence electrons. The van der Waals surface area contributed by atoms with Crippen LogP contribution in [0.15, 0.2) is 6.33 Å². The van der Waals surface area contributed by atoms with Crippen LogP contribution in [0.1, 0.15) is 6.92 Å². The smallest absolute Gasteiger partial charge is 0.226 e. The number of aromatic nitrogens is 4. The average Bonchev–Trinajstić information content (AvgIpc) is 2.87. The quantitative estimate of drug-likeness (QED) is 0.663. The summed E-state index contributed by atoms with van der Waals surface area (Å²) in [4.78, 5) is 15.6. The van der Waals surface area contributed by atoms with Crippen LogP contribution < -0.4 is 10.6 Å². The predicted molar refractivity (Wildman–Crippen MR) is 81.8 cm³/mol. The van der Waals surface area contributed by atoms with E-state index in [0.29, 0.717) is 29.5 Å². The second-order valence-corrected chi connectivity index (χ2v) is 6.85. The Kier molecular flexibility index (Phi) is 4.58. The Morgan fingerprint density at radius 3 is 2.71 bits per heavy atom. The van der Waals surface area contributed by atoms with Gasteiger partial charge < -0.3 is 15.6 Å². The number of H-pyrrole nitrogens is 1. The molecule has 0 aliphatic heterocycles. The number of aromatic amines is 1. The minimum atomic E-state index is -3.24. The summed E-state index contributed by atoms with van der Waals surface area (Å²) >= 11 is 0. The number of fused-ring (bicyclic) bond motifs is 1. The molecule has 0 bridgehead atoms. The molecule has 0 amide bonds. The molecule has 2 aromatic rings. The number of imidazole rings is 1. The molecule has 21 heavy (non-hydrogen) atoms. The van der Waals surface area contributed by atoms with Crippen LogP contribution in [0, 0.1) is 0 Å². The van der Waals surface area contributed by atoms with Crippen molar-refractivity contribution in [2.45, 2.75) is 6.92 Å². The summed E-state index contributed by atoms with van der Waals surface area (Å²) in [5.74, 6) is 0.966. The summed E-state index contributed by atoms with van der Waals surface area (Å²) in [5.41, 5.74) is 1.18. The Morgan fingerprint density at radius 1 is 1.29 bits per heavy atom. The lowest BCUT2D eigenvalue weighted by Gasteiger charge is -2.12. The zero-order valence-electron chi connectivity index (χ0n) is 12.2. The van der Waals surface area contributed by atoms with Crippen molar-refractivity contribution in [3.05, 3.63) is 6.33 Å². The molecule has 0 fully saturated rings. The van der Waals surface area contributed by atoms with E-state index in [2.05, 4.69) is 30.6 Å². The SMILES string of the molecule is CCNc1nc(NCCS(=O)(=O)N(C)C)c2[nH]cnc2n1. The number of sulfonamides is 1. The lowest BCUT2D eigenvalue weighted by atomic mass is 10.5. The normalized spacial score (nSPS) is 12.0. The van der Waals surface area contributed by atoms with Crippen molar-refractivity contribution in [1.29, 1.82) is 0 Å². The van der Waals surface area contributed by atoms with Crippen LogP contribution in [0.2, 0.25) is 0 Å². The fourth-order valence-corrected chi connectivity index (χ4v) is 2.40. The van der Waals surface area contributed by atoms with Crippen molar-refractivity contribution in [2.75, 3.05) is 43.6 Å². The molecule has 0 aliphatic carbocycles. The maximum atomic E-state index is 11.7. The summed E-state index contributed by atoms with van der Waals surface area (Å²) in [7, 11) is -0.222. The number of hydrogen-bond acceptors (Lipinski definition) is 7. The molecule has 0 radical (unpaired) electrons. The summed E-state index contributed by atoms with van der Waals surface area (Å²) in [6.07, 6.45) is 1.52. The summed E-state index contributed by atoms with van der Waals surface area (Å²) in [6, 6.07) is 0. The fraction of sp³-hybridized carbons (Fsp3) is 0.545. The molecule has 3 N–H and O–H groups in total. The van der Waals surface area contributed by atoms with E-state index in [1.165, 1.54) is 24.7 Å². The third-order valence-electron chi connectivity index (χ3n) is 2.83. The van der Waals surface area contributed by atoms with Crippen molar-refractivity contribution in [2.24, 2.45) is 0 Å². The minimum absolute atomic E-state index is 0.0177. The third kappa shape index (κ3) is 3.58. The largest absolute Gasteiger partial charge is 0.367 e. The Morgan fingerprint density at radius 2 is 2.05 bits per heavy atom. The first-order valence-corrected chi connectivity index (χ1v) is 8.14. The van der Waals surface area contributed by atoms with Crippen LogP contribution in [0.5, 0.6) is 0 Å². The molecule has 2 rings (SSSR count). The van der Waals surface area contributed by atoms with Crippen LogP contribution >= 0.6 is 0 Å². The van der Waals surface area contributed by atoms with Gasteiger partial charge in [0.2, 0.25) is 16.0 Å². The third-order valence-corrected chi connectivity index (χ3v) is 4.66. The van der Waals surface area contributed by atoms with Crippen LogP contribution in [0.4, 0.5) is 11.8 Å². The first-order valence-electron chi connectivity index (χ1n) is 6.53. The van der Waals surface area contributed by atoms with E-state index in [4.69, 9.17) is 0 Å². The predicted octanol–water partition coefficient (Wildman–Crippen LogP) is 0.0880. The van der Waals surface area contributed by atoms with Crippen molar-refractivity contribution < 1.29 is 8.42 Å². The van der Waals surface area contributed by atoms with Gasteiger partial charge in [-0.1, -0.05) is 0 Å². The number of nitrogens with one attached hydrogen (secondary N) is 3. The van der Waals surface area contributed by atoms with Gasteiger partial charge in [-0.25, -0.2) is 17.7 Å². The van der Waals surface area contributed by atoms with Gasteiger partial charge in [-0.15, -0.1) is 0 Å². The lowest BCUT2D eigenvalue weighted by molar-refractivity contribution is 0.521. The number of hydrogen-bond donors (Lipinski definition) is 3. The first kappa shape index (κ1) is 15.4. The van der Waals surface area contributed by atoms with Crippen LogP contribution in [0.25, 0.3) is 11.2 Å². The van der Waals surface area contributed by atoms with Crippen molar-refractivity contribution in [3.63, 3.8) is 0 Å². The van der Waals surface area contributed by atoms with Gasteiger partial charge in [0.15, 0.2) is 11.5 Å². The van der Waals surface area contributed by atoms with Gasteiger partial charge >= 0.3 is 0 Å². The number of anilines is 2. The van der Waals surface area contributed by atoms with E-state index in [-0.39, 0.29) is 12.3 Å². The Balaban J connectivity index is 2.16. The van der Waals surface area contributed by atoms with Crippen LogP contribution in [0.3, 0.4) is 0 Å². The summed E-state index contributed by atoms with van der Waals surface area (Å²) < 4.78 is 24.6. The highest BCUT2D eigenvalue weighted by atomic mass is 32.2. The molecule has 0 saturated carbocycles. The molecule has 10 heteroatoms. The monoisotopic (exact) mass is 313 g/mol. The second-order valence-electron chi connectivity index (χ2n) is 4.55. The van der Waals surface area contributed by atoms with Crippen LogP contribution in [-0.4, -0.2) is 65.6 Å². The number of nitrogens with zero attached hydrogens (tertiary/aromatic N) is 4. The zero-order valence-corrected chi connectivity index (χ0v) is 13.0. The van der Waals surface area contributed by atoms with E-state index in [0.717, 1.165) is 0 Å². The molecule has 0 saturated heterocycles. The highest BCUT2D eigenvalue weighted by molar-refractivity contribution is 7.89. The molecule has 0 aliphatic rings. The van der Waals surface area contributed by atoms with Crippen molar-refractivity contribution in [1.82, 2.24) is 24.2 Å². The topological polar surface area (TPSA) is 116 Å². The van der Waals surface area contributed by atoms with Gasteiger partial charge in [-0.3, -0.25) is 0 Å². The zero-order chi connectivity index (χ0) is 15.5. The van der Waals surface area contributed by atoms with E-state index in [9.17, 15) is 8.42 Å². The second kappa shape index (κ2) is 6.22. The van der Waals surface area contributed by atoms with E-state index < -0.39 is 10.0 Å². The lowest BCUT2D eigenvalue weighted by Crippen LogP contribution is -2.28. The van der Waals surface area contributed by atoms with E-state index in [1.54, 1.807) is 0 Å². The highest BCUT2D eigenvalue weighted by Crippen LogP contribution is 2.18. The molecular formula is C11H19N7O2S. The molecular weight excluding hydrogens is 294 g/mol. The van der Waals surface area contributed by atoms with Crippen LogP contribution in [-0.2, 0) is 10.0 Å². The summed E-state index contributed by atoms with van der Waals surface area (Å²) in [5, 5.41) is 6.03. The van der Waals surface area contributed by atoms with Gasteiger partial charge in [-0.2, -0.15) is 9.97 Å².